The third-order valence-electron chi connectivity index (χ3n) is 4.20. The van der Waals surface area contributed by atoms with Gasteiger partial charge in [0.2, 0.25) is 6.61 Å². The molecule has 0 radical (unpaired) electrons. The molecule has 0 saturated carbocycles. The van der Waals surface area contributed by atoms with E-state index >= 15 is 0 Å². The van der Waals surface area contributed by atoms with Gasteiger partial charge in [-0.3, -0.25) is 0 Å². The fraction of sp³-hybridized carbons (Fsp3) is 0.130. The summed E-state index contributed by atoms with van der Waals surface area (Å²) in [5, 5.41) is 12.1. The van der Waals surface area contributed by atoms with Gasteiger partial charge in [0.05, 0.1) is 11.8 Å². The van der Waals surface area contributed by atoms with Crippen molar-refractivity contribution in [2.75, 3.05) is 6.61 Å². The molecule has 0 aliphatic heterocycles. The lowest BCUT2D eigenvalue weighted by Gasteiger charge is -2.10. The predicted octanol–water partition coefficient (Wildman–Crippen LogP) is 5.39. The molecule has 0 aliphatic rings. The molecule has 0 saturated heterocycles. The molecule has 160 valence electrons. The number of carboxylic acids is 1. The van der Waals surface area contributed by atoms with Crippen LogP contribution in [0.2, 0.25) is 0 Å². The van der Waals surface area contributed by atoms with Crippen LogP contribution in [0.1, 0.15) is 16.7 Å². The Labute approximate surface area is 176 Å². The van der Waals surface area contributed by atoms with Gasteiger partial charge in [-0.2, -0.15) is 13.2 Å². The van der Waals surface area contributed by atoms with Crippen LogP contribution in [-0.2, 0) is 22.4 Å². The summed E-state index contributed by atoms with van der Waals surface area (Å²) in [6, 6.07) is 19.5. The standard InChI is InChI=1S/C23H18F3NO4/c24-23(25,26)20-6-2-4-17(12-20)14-30-21-9-7-18(8-10-21)19-5-1-3-16(11-19)13-27-31-15-22(28)29/h1-13H,14-15H2,(H,28,29)/b27-13+. The van der Waals surface area contributed by atoms with Gasteiger partial charge in [-0.05, 0) is 52.6 Å². The summed E-state index contributed by atoms with van der Waals surface area (Å²) in [7, 11) is 0. The quantitative estimate of drug-likeness (QED) is 0.385. The highest BCUT2D eigenvalue weighted by molar-refractivity contribution is 5.82. The molecule has 1 N–H and O–H groups in total. The van der Waals surface area contributed by atoms with Gasteiger partial charge in [0.1, 0.15) is 12.4 Å². The van der Waals surface area contributed by atoms with Crippen molar-refractivity contribution in [1.82, 2.24) is 0 Å². The number of carboxylic acid groups (broad SMARTS) is 1. The van der Waals surface area contributed by atoms with E-state index in [0.717, 1.165) is 28.8 Å². The maximum atomic E-state index is 12.8. The molecule has 0 bridgehead atoms. The fourth-order valence-electron chi connectivity index (χ4n) is 2.74. The molecular formula is C23H18F3NO4. The van der Waals surface area contributed by atoms with E-state index in [1.54, 1.807) is 24.3 Å². The number of halogens is 3. The largest absolute Gasteiger partial charge is 0.489 e. The summed E-state index contributed by atoms with van der Waals surface area (Å²) < 4.78 is 44.0. The Morgan fingerprint density at radius 3 is 2.42 bits per heavy atom. The Balaban J connectivity index is 1.63. The van der Waals surface area contributed by atoms with Crippen molar-refractivity contribution < 1.29 is 32.6 Å². The van der Waals surface area contributed by atoms with Gasteiger partial charge in [-0.1, -0.05) is 47.6 Å². The average molecular weight is 429 g/mol. The zero-order valence-electron chi connectivity index (χ0n) is 16.2. The summed E-state index contributed by atoms with van der Waals surface area (Å²) in [6.07, 6.45) is -2.97. The minimum absolute atomic E-state index is 0.0194. The summed E-state index contributed by atoms with van der Waals surface area (Å²) >= 11 is 0. The maximum absolute atomic E-state index is 12.8. The van der Waals surface area contributed by atoms with Crippen LogP contribution in [-0.4, -0.2) is 23.9 Å². The first kappa shape index (κ1) is 21.9. The number of alkyl halides is 3. The van der Waals surface area contributed by atoms with Crippen molar-refractivity contribution in [3.8, 4) is 16.9 Å². The Bertz CT molecular complexity index is 1060. The Hall–Kier alpha value is -3.81. The molecule has 3 aromatic rings. The fourth-order valence-corrected chi connectivity index (χ4v) is 2.74. The normalized spacial score (nSPS) is 11.5. The number of hydrogen-bond acceptors (Lipinski definition) is 4. The number of oxime groups is 1. The van der Waals surface area contributed by atoms with Crippen molar-refractivity contribution in [3.63, 3.8) is 0 Å². The second-order valence-corrected chi connectivity index (χ2v) is 6.54. The Morgan fingerprint density at radius 1 is 0.968 bits per heavy atom. The summed E-state index contributed by atoms with van der Waals surface area (Å²) in [5.74, 6) is -0.581. The molecule has 0 spiro atoms. The second-order valence-electron chi connectivity index (χ2n) is 6.54. The number of aliphatic carboxylic acids is 1. The van der Waals surface area contributed by atoms with Crippen LogP contribution >= 0.6 is 0 Å². The van der Waals surface area contributed by atoms with Crippen LogP contribution in [0.4, 0.5) is 13.2 Å². The van der Waals surface area contributed by atoms with Crippen LogP contribution in [0.5, 0.6) is 5.75 Å². The minimum atomic E-state index is -4.39. The molecule has 0 atom stereocenters. The minimum Gasteiger partial charge on any atom is -0.489 e. The van der Waals surface area contributed by atoms with Gasteiger partial charge in [0, 0.05) is 0 Å². The Kier molecular flexibility index (Phi) is 6.92. The first-order valence-electron chi connectivity index (χ1n) is 9.18. The van der Waals surface area contributed by atoms with E-state index < -0.39 is 24.3 Å². The molecule has 0 aromatic heterocycles. The highest BCUT2D eigenvalue weighted by Gasteiger charge is 2.30. The topological polar surface area (TPSA) is 68.1 Å². The molecule has 0 fully saturated rings. The van der Waals surface area contributed by atoms with Gasteiger partial charge in [-0.25, -0.2) is 4.79 Å². The Morgan fingerprint density at radius 2 is 1.71 bits per heavy atom. The van der Waals surface area contributed by atoms with E-state index in [2.05, 4.69) is 9.99 Å². The number of hydrogen-bond donors (Lipinski definition) is 1. The molecule has 31 heavy (non-hydrogen) atoms. The lowest BCUT2D eigenvalue weighted by atomic mass is 10.0. The predicted molar refractivity (Wildman–Crippen MR) is 109 cm³/mol. The molecule has 0 amide bonds. The second kappa shape index (κ2) is 9.80. The van der Waals surface area contributed by atoms with Gasteiger partial charge in [0.15, 0.2) is 0 Å². The van der Waals surface area contributed by atoms with E-state index in [0.29, 0.717) is 11.3 Å². The van der Waals surface area contributed by atoms with Crippen molar-refractivity contribution in [2.24, 2.45) is 5.16 Å². The van der Waals surface area contributed by atoms with E-state index in [1.807, 2.05) is 30.3 Å². The van der Waals surface area contributed by atoms with E-state index in [9.17, 15) is 18.0 Å². The highest BCUT2D eigenvalue weighted by Crippen LogP contribution is 2.30. The molecule has 5 nitrogen and oxygen atoms in total. The summed E-state index contributed by atoms with van der Waals surface area (Å²) in [5.41, 5.74) is 2.24. The van der Waals surface area contributed by atoms with Crippen molar-refractivity contribution >= 4 is 12.2 Å². The zero-order valence-corrected chi connectivity index (χ0v) is 16.2. The molecule has 3 aromatic carbocycles. The molecule has 0 heterocycles. The number of nitrogens with zero attached hydrogens (tertiary/aromatic N) is 1. The summed E-state index contributed by atoms with van der Waals surface area (Å²) in [6.45, 7) is -0.496. The smallest absolute Gasteiger partial charge is 0.416 e. The van der Waals surface area contributed by atoms with Gasteiger partial charge >= 0.3 is 12.1 Å². The molecule has 3 rings (SSSR count). The van der Waals surface area contributed by atoms with Crippen LogP contribution in [0.3, 0.4) is 0 Å². The third kappa shape index (κ3) is 6.60. The average Bonchev–Trinajstić information content (AvgIpc) is 2.75. The first-order chi connectivity index (χ1) is 14.8. The van der Waals surface area contributed by atoms with Crippen molar-refractivity contribution in [1.29, 1.82) is 0 Å². The number of rotatable bonds is 8. The van der Waals surface area contributed by atoms with Gasteiger partial charge in [-0.15, -0.1) is 0 Å². The van der Waals surface area contributed by atoms with E-state index in [4.69, 9.17) is 9.84 Å². The number of carbonyl (C=O) groups is 1. The zero-order chi connectivity index (χ0) is 22.3. The lowest BCUT2D eigenvalue weighted by Crippen LogP contribution is -2.06. The lowest BCUT2D eigenvalue weighted by molar-refractivity contribution is -0.142. The maximum Gasteiger partial charge on any atom is 0.416 e. The first-order valence-corrected chi connectivity index (χ1v) is 9.18. The van der Waals surface area contributed by atoms with Crippen LogP contribution in [0, 0.1) is 0 Å². The van der Waals surface area contributed by atoms with Crippen molar-refractivity contribution in [2.45, 2.75) is 12.8 Å². The van der Waals surface area contributed by atoms with Crippen LogP contribution < -0.4 is 4.74 Å². The monoisotopic (exact) mass is 429 g/mol. The van der Waals surface area contributed by atoms with E-state index in [1.165, 1.54) is 12.3 Å². The number of ether oxygens (including phenoxy) is 1. The molecular weight excluding hydrogens is 411 g/mol. The van der Waals surface area contributed by atoms with Crippen LogP contribution in [0.25, 0.3) is 11.1 Å². The SMILES string of the molecule is O=C(O)CO/N=C/c1cccc(-c2ccc(OCc3cccc(C(F)(F)F)c3)cc2)c1. The number of benzene rings is 3. The van der Waals surface area contributed by atoms with E-state index in [-0.39, 0.29) is 6.61 Å². The molecule has 0 aliphatic carbocycles. The van der Waals surface area contributed by atoms with Crippen LogP contribution in [0.15, 0.2) is 78.0 Å². The van der Waals surface area contributed by atoms with Gasteiger partial charge in [0.25, 0.3) is 0 Å². The summed E-state index contributed by atoms with van der Waals surface area (Å²) in [4.78, 5) is 15.0. The molecule has 0 unspecified atom stereocenters. The van der Waals surface area contributed by atoms with Crippen molar-refractivity contribution in [3.05, 3.63) is 89.5 Å². The third-order valence-corrected chi connectivity index (χ3v) is 4.20. The van der Waals surface area contributed by atoms with Gasteiger partial charge < -0.3 is 14.7 Å². The molecule has 8 heteroatoms. The highest BCUT2D eigenvalue weighted by atomic mass is 19.4.